The SMILES string of the molecule is COc1ccccc1C1CCN(c2ccncn2)CC1. The van der Waals surface area contributed by atoms with Crippen molar-refractivity contribution in [3.63, 3.8) is 0 Å². The quantitative estimate of drug-likeness (QED) is 0.858. The van der Waals surface area contributed by atoms with Gasteiger partial charge < -0.3 is 9.64 Å². The minimum Gasteiger partial charge on any atom is -0.496 e. The summed E-state index contributed by atoms with van der Waals surface area (Å²) in [5.41, 5.74) is 1.33. The third kappa shape index (κ3) is 2.59. The number of rotatable bonds is 3. The lowest BCUT2D eigenvalue weighted by Gasteiger charge is -2.33. The van der Waals surface area contributed by atoms with Crippen LogP contribution >= 0.6 is 0 Å². The van der Waals surface area contributed by atoms with Crippen molar-refractivity contribution in [3.05, 3.63) is 48.4 Å². The highest BCUT2D eigenvalue weighted by molar-refractivity contribution is 5.40. The van der Waals surface area contributed by atoms with Gasteiger partial charge in [-0.3, -0.25) is 0 Å². The average Bonchev–Trinajstić information content (AvgIpc) is 2.56. The number of para-hydroxylation sites is 1. The Hall–Kier alpha value is -2.10. The monoisotopic (exact) mass is 269 g/mol. The molecule has 1 saturated heterocycles. The van der Waals surface area contributed by atoms with Crippen LogP contribution in [0.15, 0.2) is 42.9 Å². The summed E-state index contributed by atoms with van der Waals surface area (Å²) in [6.45, 7) is 2.06. The summed E-state index contributed by atoms with van der Waals surface area (Å²) in [5, 5.41) is 0. The lowest BCUT2D eigenvalue weighted by atomic mass is 9.89. The summed E-state index contributed by atoms with van der Waals surface area (Å²) in [6, 6.07) is 10.3. The van der Waals surface area contributed by atoms with Crippen molar-refractivity contribution in [2.75, 3.05) is 25.1 Å². The number of methoxy groups -OCH3 is 1. The minimum absolute atomic E-state index is 0.573. The molecule has 1 aliphatic heterocycles. The van der Waals surface area contributed by atoms with Crippen LogP contribution in [-0.4, -0.2) is 30.2 Å². The second-order valence-corrected chi connectivity index (χ2v) is 5.07. The van der Waals surface area contributed by atoms with E-state index in [0.717, 1.165) is 37.5 Å². The topological polar surface area (TPSA) is 38.2 Å². The Kier molecular flexibility index (Phi) is 3.81. The van der Waals surface area contributed by atoms with Gasteiger partial charge in [-0.1, -0.05) is 18.2 Å². The largest absolute Gasteiger partial charge is 0.496 e. The zero-order valence-corrected chi connectivity index (χ0v) is 11.7. The van der Waals surface area contributed by atoms with Crippen LogP contribution in [0.4, 0.5) is 5.82 Å². The molecule has 0 spiro atoms. The standard InChI is InChI=1S/C16H19N3O/c1-20-15-5-3-2-4-14(15)13-7-10-19(11-8-13)16-6-9-17-12-18-16/h2-6,9,12-13H,7-8,10-11H2,1H3. The van der Waals surface area contributed by atoms with E-state index >= 15 is 0 Å². The summed E-state index contributed by atoms with van der Waals surface area (Å²) < 4.78 is 5.48. The number of hydrogen-bond acceptors (Lipinski definition) is 4. The summed E-state index contributed by atoms with van der Waals surface area (Å²) in [4.78, 5) is 10.6. The predicted molar refractivity (Wildman–Crippen MR) is 79.2 cm³/mol. The molecular weight excluding hydrogens is 250 g/mol. The van der Waals surface area contributed by atoms with Crippen molar-refractivity contribution < 1.29 is 4.74 Å². The maximum atomic E-state index is 5.48. The van der Waals surface area contributed by atoms with Crippen molar-refractivity contribution in [2.24, 2.45) is 0 Å². The van der Waals surface area contributed by atoms with Crippen LogP contribution in [0.25, 0.3) is 0 Å². The van der Waals surface area contributed by atoms with Crippen LogP contribution in [0.5, 0.6) is 5.75 Å². The molecule has 4 heteroatoms. The van der Waals surface area contributed by atoms with Gasteiger partial charge >= 0.3 is 0 Å². The Bertz CT molecular complexity index is 551. The van der Waals surface area contributed by atoms with E-state index in [2.05, 4.69) is 27.0 Å². The van der Waals surface area contributed by atoms with Crippen LogP contribution in [0, 0.1) is 0 Å². The van der Waals surface area contributed by atoms with Gasteiger partial charge in [0.25, 0.3) is 0 Å². The average molecular weight is 269 g/mol. The fourth-order valence-electron chi connectivity index (χ4n) is 2.89. The van der Waals surface area contributed by atoms with E-state index in [0.29, 0.717) is 5.92 Å². The van der Waals surface area contributed by atoms with Gasteiger partial charge in [-0.05, 0) is 36.5 Å². The molecule has 0 atom stereocenters. The molecule has 1 aliphatic rings. The molecule has 104 valence electrons. The maximum absolute atomic E-state index is 5.48. The Balaban J connectivity index is 1.70. The summed E-state index contributed by atoms with van der Waals surface area (Å²) >= 11 is 0. The first-order valence-electron chi connectivity index (χ1n) is 7.02. The van der Waals surface area contributed by atoms with Gasteiger partial charge in [0.05, 0.1) is 7.11 Å². The second kappa shape index (κ2) is 5.90. The highest BCUT2D eigenvalue weighted by Gasteiger charge is 2.23. The van der Waals surface area contributed by atoms with Crippen molar-refractivity contribution in [3.8, 4) is 5.75 Å². The number of hydrogen-bond donors (Lipinski definition) is 0. The fraction of sp³-hybridized carbons (Fsp3) is 0.375. The first-order chi connectivity index (χ1) is 9.88. The lowest BCUT2D eigenvalue weighted by Crippen LogP contribution is -2.33. The number of ether oxygens (including phenoxy) is 1. The number of piperidine rings is 1. The van der Waals surface area contributed by atoms with Crippen LogP contribution in [-0.2, 0) is 0 Å². The lowest BCUT2D eigenvalue weighted by molar-refractivity contribution is 0.397. The summed E-state index contributed by atoms with van der Waals surface area (Å²) in [5.74, 6) is 2.61. The van der Waals surface area contributed by atoms with Crippen LogP contribution in [0.3, 0.4) is 0 Å². The smallest absolute Gasteiger partial charge is 0.131 e. The summed E-state index contributed by atoms with van der Waals surface area (Å²) in [6.07, 6.45) is 5.67. The van der Waals surface area contributed by atoms with E-state index in [9.17, 15) is 0 Å². The molecule has 0 radical (unpaired) electrons. The van der Waals surface area contributed by atoms with Crippen molar-refractivity contribution >= 4 is 5.82 Å². The molecule has 4 nitrogen and oxygen atoms in total. The highest BCUT2D eigenvalue weighted by Crippen LogP contribution is 2.34. The molecule has 2 aromatic rings. The van der Waals surface area contributed by atoms with Gasteiger partial charge in [0, 0.05) is 19.3 Å². The summed E-state index contributed by atoms with van der Waals surface area (Å²) in [7, 11) is 1.74. The molecule has 20 heavy (non-hydrogen) atoms. The Morgan fingerprint density at radius 1 is 1.15 bits per heavy atom. The van der Waals surface area contributed by atoms with E-state index < -0.39 is 0 Å². The zero-order valence-electron chi connectivity index (χ0n) is 11.7. The first kappa shape index (κ1) is 12.9. The molecule has 0 unspecified atom stereocenters. The molecule has 0 N–H and O–H groups in total. The number of benzene rings is 1. The van der Waals surface area contributed by atoms with Crippen molar-refractivity contribution in [1.29, 1.82) is 0 Å². The molecule has 1 fully saturated rings. The first-order valence-corrected chi connectivity index (χ1v) is 7.02. The molecule has 0 bridgehead atoms. The Labute approximate surface area is 119 Å². The van der Waals surface area contributed by atoms with Gasteiger partial charge in [-0.25, -0.2) is 9.97 Å². The number of anilines is 1. The normalized spacial score (nSPS) is 16.1. The van der Waals surface area contributed by atoms with Crippen LogP contribution < -0.4 is 9.64 Å². The van der Waals surface area contributed by atoms with E-state index in [4.69, 9.17) is 4.74 Å². The highest BCUT2D eigenvalue weighted by atomic mass is 16.5. The predicted octanol–water partition coefficient (Wildman–Crippen LogP) is 2.87. The second-order valence-electron chi connectivity index (χ2n) is 5.07. The van der Waals surface area contributed by atoms with Gasteiger partial charge in [0.15, 0.2) is 0 Å². The Morgan fingerprint density at radius 2 is 1.95 bits per heavy atom. The van der Waals surface area contributed by atoms with Gasteiger partial charge in [-0.15, -0.1) is 0 Å². The number of nitrogens with zero attached hydrogens (tertiary/aromatic N) is 3. The number of aromatic nitrogens is 2. The third-order valence-electron chi connectivity index (χ3n) is 3.96. The molecule has 3 rings (SSSR count). The van der Waals surface area contributed by atoms with Crippen molar-refractivity contribution in [1.82, 2.24) is 9.97 Å². The molecule has 0 aliphatic carbocycles. The molecular formula is C16H19N3O. The minimum atomic E-state index is 0.573. The van der Waals surface area contributed by atoms with Crippen LogP contribution in [0.1, 0.15) is 24.3 Å². The van der Waals surface area contributed by atoms with Gasteiger partial charge in [0.2, 0.25) is 0 Å². The van der Waals surface area contributed by atoms with Gasteiger partial charge in [0.1, 0.15) is 17.9 Å². The van der Waals surface area contributed by atoms with Crippen molar-refractivity contribution in [2.45, 2.75) is 18.8 Å². The zero-order chi connectivity index (χ0) is 13.8. The molecule has 0 amide bonds. The Morgan fingerprint density at radius 3 is 2.65 bits per heavy atom. The van der Waals surface area contributed by atoms with E-state index in [1.807, 2.05) is 18.2 Å². The molecule has 0 saturated carbocycles. The third-order valence-corrected chi connectivity index (χ3v) is 3.96. The van der Waals surface area contributed by atoms with E-state index in [-0.39, 0.29) is 0 Å². The van der Waals surface area contributed by atoms with E-state index in [1.165, 1.54) is 5.56 Å². The molecule has 2 heterocycles. The molecule has 1 aromatic heterocycles. The fourth-order valence-corrected chi connectivity index (χ4v) is 2.89. The maximum Gasteiger partial charge on any atom is 0.131 e. The van der Waals surface area contributed by atoms with Gasteiger partial charge in [-0.2, -0.15) is 0 Å². The van der Waals surface area contributed by atoms with E-state index in [1.54, 1.807) is 19.6 Å². The molecule has 1 aromatic carbocycles. The van der Waals surface area contributed by atoms with Crippen LogP contribution in [0.2, 0.25) is 0 Å².